The molecule has 6 nitrogen and oxygen atoms in total. The van der Waals surface area contributed by atoms with E-state index in [1.54, 1.807) is 0 Å². The first-order chi connectivity index (χ1) is 9.91. The minimum absolute atomic E-state index is 0.112. The van der Waals surface area contributed by atoms with Gasteiger partial charge >= 0.3 is 12.0 Å². The van der Waals surface area contributed by atoms with E-state index < -0.39 is 35.4 Å². The lowest BCUT2D eigenvalue weighted by Gasteiger charge is -2.18. The van der Waals surface area contributed by atoms with Gasteiger partial charge in [0.15, 0.2) is 6.10 Å². The lowest BCUT2D eigenvalue weighted by atomic mass is 10.2. The van der Waals surface area contributed by atoms with Crippen molar-refractivity contribution in [3.05, 3.63) is 34.6 Å². The molecule has 1 atom stereocenters. The van der Waals surface area contributed by atoms with Gasteiger partial charge in [-0.2, -0.15) is 0 Å². The molecule has 3 amide bonds. The fourth-order valence-corrected chi connectivity index (χ4v) is 2.10. The molecule has 112 valence electrons. The summed E-state index contributed by atoms with van der Waals surface area (Å²) in [7, 11) is 0. The van der Waals surface area contributed by atoms with Gasteiger partial charge in [-0.3, -0.25) is 9.69 Å². The highest BCUT2D eigenvalue weighted by Gasteiger charge is 2.32. The fourth-order valence-electron chi connectivity index (χ4n) is 1.86. The summed E-state index contributed by atoms with van der Waals surface area (Å²) >= 11 is 5.74. The van der Waals surface area contributed by atoms with E-state index in [0.717, 1.165) is 11.0 Å². The van der Waals surface area contributed by atoms with Gasteiger partial charge in [-0.05, 0) is 19.1 Å². The quantitative estimate of drug-likeness (QED) is 0.859. The third kappa shape index (κ3) is 3.13. The zero-order valence-electron chi connectivity index (χ0n) is 11.1. The number of urea groups is 1. The van der Waals surface area contributed by atoms with Gasteiger partial charge in [0.25, 0.3) is 5.91 Å². The van der Waals surface area contributed by atoms with Crippen LogP contribution >= 0.6 is 11.6 Å². The Morgan fingerprint density at radius 3 is 2.76 bits per heavy atom. The van der Waals surface area contributed by atoms with Crippen molar-refractivity contribution in [1.82, 2.24) is 10.2 Å². The van der Waals surface area contributed by atoms with Gasteiger partial charge in [0.05, 0.1) is 5.02 Å². The lowest BCUT2D eigenvalue weighted by molar-refractivity contribution is -0.136. The van der Waals surface area contributed by atoms with Crippen LogP contribution in [0, 0.1) is 5.82 Å². The van der Waals surface area contributed by atoms with Crippen molar-refractivity contribution in [3.8, 4) is 0 Å². The Kier molecular flexibility index (Phi) is 4.42. The zero-order chi connectivity index (χ0) is 15.6. The Hall–Kier alpha value is -2.15. The van der Waals surface area contributed by atoms with E-state index in [2.05, 4.69) is 5.32 Å². The van der Waals surface area contributed by atoms with E-state index in [9.17, 15) is 18.8 Å². The Morgan fingerprint density at radius 2 is 2.19 bits per heavy atom. The molecule has 8 heteroatoms. The molecule has 1 aromatic carbocycles. The number of imide groups is 1. The van der Waals surface area contributed by atoms with E-state index in [1.165, 1.54) is 19.1 Å². The van der Waals surface area contributed by atoms with E-state index >= 15 is 0 Å². The number of ether oxygens (including phenoxy) is 1. The molecule has 1 fully saturated rings. The number of amides is 3. The highest BCUT2D eigenvalue weighted by Crippen LogP contribution is 2.20. The summed E-state index contributed by atoms with van der Waals surface area (Å²) in [6.45, 7) is 1.84. The highest BCUT2D eigenvalue weighted by atomic mass is 35.5. The topological polar surface area (TPSA) is 75.7 Å². The van der Waals surface area contributed by atoms with Crippen molar-refractivity contribution >= 4 is 29.5 Å². The van der Waals surface area contributed by atoms with Crippen molar-refractivity contribution in [1.29, 1.82) is 0 Å². The molecule has 1 unspecified atom stereocenters. The summed E-state index contributed by atoms with van der Waals surface area (Å²) in [6.07, 6.45) is -1.22. The van der Waals surface area contributed by atoms with Gasteiger partial charge in [0.2, 0.25) is 0 Å². The smallest absolute Gasteiger partial charge is 0.343 e. The summed E-state index contributed by atoms with van der Waals surface area (Å²) in [4.78, 5) is 36.1. The first-order valence-corrected chi connectivity index (χ1v) is 6.54. The molecule has 0 radical (unpaired) electrons. The molecule has 0 aromatic heterocycles. The van der Waals surface area contributed by atoms with Crippen LogP contribution in [0.25, 0.3) is 0 Å². The van der Waals surface area contributed by atoms with Crippen LogP contribution in [-0.4, -0.2) is 42.0 Å². The molecule has 1 heterocycles. The molecular weight excluding hydrogens is 303 g/mol. The molecule has 0 bridgehead atoms. The third-order valence-corrected chi connectivity index (χ3v) is 3.24. The Morgan fingerprint density at radius 1 is 1.48 bits per heavy atom. The van der Waals surface area contributed by atoms with Crippen LogP contribution in [0.5, 0.6) is 0 Å². The first kappa shape index (κ1) is 15.2. The van der Waals surface area contributed by atoms with Gasteiger partial charge < -0.3 is 10.1 Å². The summed E-state index contributed by atoms with van der Waals surface area (Å²) < 4.78 is 18.5. The van der Waals surface area contributed by atoms with Crippen LogP contribution in [0.15, 0.2) is 18.2 Å². The number of hydrogen-bond donors (Lipinski definition) is 1. The number of esters is 1. The average molecular weight is 315 g/mol. The van der Waals surface area contributed by atoms with Crippen LogP contribution in [-0.2, 0) is 9.53 Å². The van der Waals surface area contributed by atoms with Crippen molar-refractivity contribution < 1.29 is 23.5 Å². The molecule has 1 N–H and O–H groups in total. The molecule has 1 aliphatic rings. The van der Waals surface area contributed by atoms with Crippen LogP contribution < -0.4 is 5.32 Å². The number of halogens is 2. The first-order valence-electron chi connectivity index (χ1n) is 6.16. The Labute approximate surface area is 124 Å². The number of hydrogen-bond acceptors (Lipinski definition) is 4. The molecular formula is C13H12ClFN2O4. The predicted molar refractivity (Wildman–Crippen MR) is 71.4 cm³/mol. The van der Waals surface area contributed by atoms with E-state index in [-0.39, 0.29) is 11.6 Å². The summed E-state index contributed by atoms with van der Waals surface area (Å²) in [5.41, 5.74) is -0.440. The SMILES string of the molecule is CC(OC(=O)c1c(F)cccc1Cl)C(=O)N1CCNC1=O. The second-order valence-electron chi connectivity index (χ2n) is 4.37. The number of rotatable bonds is 3. The van der Waals surface area contributed by atoms with Crippen LogP contribution in [0.3, 0.4) is 0 Å². The Bertz CT molecular complexity index is 588. The maximum Gasteiger partial charge on any atom is 0.343 e. The average Bonchev–Trinajstić information content (AvgIpc) is 2.83. The van der Waals surface area contributed by atoms with E-state index in [1.807, 2.05) is 0 Å². The normalized spacial score (nSPS) is 15.6. The molecule has 0 aliphatic carbocycles. The van der Waals surface area contributed by atoms with E-state index in [4.69, 9.17) is 16.3 Å². The highest BCUT2D eigenvalue weighted by molar-refractivity contribution is 6.33. The molecule has 1 saturated heterocycles. The number of nitrogens with zero attached hydrogens (tertiary/aromatic N) is 1. The zero-order valence-corrected chi connectivity index (χ0v) is 11.8. The minimum Gasteiger partial charge on any atom is -0.449 e. The second kappa shape index (κ2) is 6.09. The molecule has 0 spiro atoms. The number of nitrogens with one attached hydrogen (secondary N) is 1. The molecule has 0 saturated carbocycles. The van der Waals surface area contributed by atoms with Crippen LogP contribution in [0.4, 0.5) is 9.18 Å². The van der Waals surface area contributed by atoms with Crippen molar-refractivity contribution in [2.75, 3.05) is 13.1 Å². The van der Waals surface area contributed by atoms with Gasteiger partial charge in [-0.1, -0.05) is 17.7 Å². The van der Waals surface area contributed by atoms with Gasteiger partial charge in [0, 0.05) is 13.1 Å². The maximum atomic E-state index is 13.6. The summed E-state index contributed by atoms with van der Waals surface area (Å²) in [5.74, 6) is -2.57. The van der Waals surface area contributed by atoms with Gasteiger partial charge in [0.1, 0.15) is 11.4 Å². The number of benzene rings is 1. The van der Waals surface area contributed by atoms with Crippen LogP contribution in [0.1, 0.15) is 17.3 Å². The van der Waals surface area contributed by atoms with Gasteiger partial charge in [-0.15, -0.1) is 0 Å². The fraction of sp³-hybridized carbons (Fsp3) is 0.308. The van der Waals surface area contributed by atoms with Gasteiger partial charge in [-0.25, -0.2) is 14.0 Å². The largest absolute Gasteiger partial charge is 0.449 e. The predicted octanol–water partition coefficient (Wildman–Crippen LogP) is 1.58. The third-order valence-electron chi connectivity index (χ3n) is 2.92. The second-order valence-corrected chi connectivity index (χ2v) is 4.77. The minimum atomic E-state index is -1.22. The lowest BCUT2D eigenvalue weighted by Crippen LogP contribution is -2.41. The number of carbonyl (C=O) groups excluding carboxylic acids is 3. The number of carbonyl (C=O) groups is 3. The Balaban J connectivity index is 2.09. The van der Waals surface area contributed by atoms with Crippen molar-refractivity contribution in [2.24, 2.45) is 0 Å². The summed E-state index contributed by atoms with van der Waals surface area (Å²) in [6, 6.07) is 3.19. The molecule has 21 heavy (non-hydrogen) atoms. The molecule has 1 aliphatic heterocycles. The van der Waals surface area contributed by atoms with E-state index in [0.29, 0.717) is 6.54 Å². The van der Waals surface area contributed by atoms with Crippen molar-refractivity contribution in [2.45, 2.75) is 13.0 Å². The monoisotopic (exact) mass is 314 g/mol. The maximum absolute atomic E-state index is 13.6. The van der Waals surface area contributed by atoms with Crippen molar-refractivity contribution in [3.63, 3.8) is 0 Å². The summed E-state index contributed by atoms with van der Waals surface area (Å²) in [5, 5.41) is 2.34. The molecule has 2 rings (SSSR count). The standard InChI is InChI=1S/C13H12ClFN2O4/c1-7(11(18)17-6-5-16-13(17)20)21-12(19)10-8(14)3-2-4-9(10)15/h2-4,7H,5-6H2,1H3,(H,16,20). The molecule has 1 aromatic rings. The van der Waals surface area contributed by atoms with Crippen LogP contribution in [0.2, 0.25) is 5.02 Å².